The summed E-state index contributed by atoms with van der Waals surface area (Å²) >= 11 is 6.29. The molecular formula is C25H22ClN3O3S. The van der Waals surface area contributed by atoms with E-state index in [9.17, 15) is 13.2 Å². The number of sulfonamides is 1. The number of benzene rings is 3. The molecule has 0 spiro atoms. The summed E-state index contributed by atoms with van der Waals surface area (Å²) in [4.78, 5) is 14.6. The van der Waals surface area contributed by atoms with Gasteiger partial charge in [-0.2, -0.15) is 9.57 Å². The van der Waals surface area contributed by atoms with Gasteiger partial charge in [0.2, 0.25) is 10.0 Å². The number of nitrogens with zero attached hydrogens (tertiary/aromatic N) is 3. The monoisotopic (exact) mass is 479 g/mol. The fraction of sp³-hybridized carbons (Fsp3) is 0.200. The lowest BCUT2D eigenvalue weighted by Crippen LogP contribution is -2.36. The Hall–Kier alpha value is -3.18. The third-order valence-electron chi connectivity index (χ3n) is 5.75. The van der Waals surface area contributed by atoms with Crippen LogP contribution in [-0.2, 0) is 29.5 Å². The Morgan fingerprint density at radius 1 is 1.09 bits per heavy atom. The highest BCUT2D eigenvalue weighted by Crippen LogP contribution is 2.28. The van der Waals surface area contributed by atoms with Gasteiger partial charge in [0.15, 0.2) is 0 Å². The predicted octanol–water partition coefficient (Wildman–Crippen LogP) is 4.23. The number of amides is 1. The van der Waals surface area contributed by atoms with Gasteiger partial charge in [0.1, 0.15) is 0 Å². The zero-order valence-electron chi connectivity index (χ0n) is 18.0. The largest absolute Gasteiger partial charge is 0.337 e. The molecule has 1 aliphatic rings. The molecule has 0 atom stereocenters. The maximum atomic E-state index is 13.3. The molecule has 8 heteroatoms. The minimum absolute atomic E-state index is 0.0430. The van der Waals surface area contributed by atoms with Gasteiger partial charge in [-0.1, -0.05) is 48.0 Å². The van der Waals surface area contributed by atoms with E-state index in [2.05, 4.69) is 6.07 Å². The van der Waals surface area contributed by atoms with Gasteiger partial charge in [-0.05, 0) is 53.4 Å². The van der Waals surface area contributed by atoms with Crippen molar-refractivity contribution in [3.8, 4) is 6.07 Å². The lowest BCUT2D eigenvalue weighted by molar-refractivity contribution is 0.0785. The van der Waals surface area contributed by atoms with Crippen molar-refractivity contribution < 1.29 is 13.2 Å². The van der Waals surface area contributed by atoms with Crippen LogP contribution in [0.4, 0.5) is 0 Å². The summed E-state index contributed by atoms with van der Waals surface area (Å²) in [5.41, 5.74) is 3.65. The van der Waals surface area contributed by atoms with E-state index in [1.54, 1.807) is 31.3 Å². The van der Waals surface area contributed by atoms with E-state index in [1.165, 1.54) is 27.4 Å². The van der Waals surface area contributed by atoms with E-state index in [-0.39, 0.29) is 21.4 Å². The van der Waals surface area contributed by atoms with Crippen molar-refractivity contribution in [2.75, 3.05) is 13.6 Å². The average molecular weight is 480 g/mol. The molecule has 0 saturated heterocycles. The fourth-order valence-corrected chi connectivity index (χ4v) is 5.53. The summed E-state index contributed by atoms with van der Waals surface area (Å²) in [6.07, 6.45) is 0.641. The molecule has 3 aromatic rings. The minimum atomic E-state index is -3.80. The average Bonchev–Trinajstić information content (AvgIpc) is 2.83. The SMILES string of the molecule is CN(Cc1ccc(C#N)cc1)C(=O)c1cc(S(=O)(=O)N2CCc3ccccc3C2)ccc1Cl. The molecule has 0 fully saturated rings. The van der Waals surface area contributed by atoms with Gasteiger partial charge in [0, 0.05) is 26.7 Å². The molecule has 33 heavy (non-hydrogen) atoms. The minimum Gasteiger partial charge on any atom is -0.337 e. The Labute approximate surface area is 198 Å². The number of hydrogen-bond donors (Lipinski definition) is 0. The van der Waals surface area contributed by atoms with Crippen molar-refractivity contribution in [2.24, 2.45) is 0 Å². The van der Waals surface area contributed by atoms with Gasteiger partial charge in [-0.25, -0.2) is 8.42 Å². The van der Waals surface area contributed by atoms with Crippen LogP contribution in [0.3, 0.4) is 0 Å². The van der Waals surface area contributed by atoms with Crippen LogP contribution in [0, 0.1) is 11.3 Å². The topological polar surface area (TPSA) is 81.5 Å². The lowest BCUT2D eigenvalue weighted by atomic mass is 10.0. The van der Waals surface area contributed by atoms with Crippen molar-refractivity contribution in [3.05, 3.63) is 99.6 Å². The summed E-state index contributed by atoms with van der Waals surface area (Å²) < 4.78 is 28.1. The third kappa shape index (κ3) is 4.79. The summed E-state index contributed by atoms with van der Waals surface area (Å²) in [5, 5.41) is 9.12. The zero-order valence-corrected chi connectivity index (χ0v) is 19.6. The Balaban J connectivity index is 1.56. The van der Waals surface area contributed by atoms with E-state index in [4.69, 9.17) is 16.9 Å². The normalized spacial score (nSPS) is 13.7. The van der Waals surface area contributed by atoms with Crippen molar-refractivity contribution in [1.82, 2.24) is 9.21 Å². The maximum Gasteiger partial charge on any atom is 0.255 e. The molecular weight excluding hydrogens is 458 g/mol. The molecule has 0 aromatic heterocycles. The zero-order chi connectivity index (χ0) is 23.6. The summed E-state index contributed by atoms with van der Waals surface area (Å²) in [6.45, 7) is 0.966. The van der Waals surface area contributed by atoms with Crippen LogP contribution >= 0.6 is 11.6 Å². The molecule has 0 N–H and O–H groups in total. The molecule has 1 aliphatic heterocycles. The molecule has 0 unspecified atom stereocenters. The third-order valence-corrected chi connectivity index (χ3v) is 7.92. The fourth-order valence-electron chi connectivity index (χ4n) is 3.89. The smallest absolute Gasteiger partial charge is 0.255 e. The second-order valence-electron chi connectivity index (χ2n) is 7.97. The Morgan fingerprint density at radius 3 is 2.48 bits per heavy atom. The molecule has 0 bridgehead atoms. The van der Waals surface area contributed by atoms with Gasteiger partial charge in [0.05, 0.1) is 27.1 Å². The molecule has 1 amide bonds. The highest BCUT2D eigenvalue weighted by Gasteiger charge is 2.29. The molecule has 3 aromatic carbocycles. The van der Waals surface area contributed by atoms with E-state index < -0.39 is 10.0 Å². The Morgan fingerprint density at radius 2 is 1.79 bits per heavy atom. The molecule has 0 saturated carbocycles. The Bertz CT molecular complexity index is 1350. The van der Waals surface area contributed by atoms with Crippen LogP contribution < -0.4 is 0 Å². The van der Waals surface area contributed by atoms with Gasteiger partial charge in [-0.3, -0.25) is 4.79 Å². The van der Waals surface area contributed by atoms with E-state index >= 15 is 0 Å². The predicted molar refractivity (Wildman–Crippen MR) is 126 cm³/mol. The first-order valence-electron chi connectivity index (χ1n) is 10.4. The van der Waals surface area contributed by atoms with Gasteiger partial charge in [-0.15, -0.1) is 0 Å². The number of carbonyl (C=O) groups excluding carboxylic acids is 1. The van der Waals surface area contributed by atoms with E-state index in [0.29, 0.717) is 31.6 Å². The summed E-state index contributed by atoms with van der Waals surface area (Å²) in [7, 11) is -2.17. The van der Waals surface area contributed by atoms with Gasteiger partial charge >= 0.3 is 0 Å². The van der Waals surface area contributed by atoms with Gasteiger partial charge < -0.3 is 4.90 Å². The summed E-state index contributed by atoms with van der Waals surface area (Å²) in [6, 6.07) is 21.0. The van der Waals surface area contributed by atoms with E-state index in [0.717, 1.165) is 16.7 Å². The molecule has 6 nitrogen and oxygen atoms in total. The van der Waals surface area contributed by atoms with Crippen molar-refractivity contribution in [3.63, 3.8) is 0 Å². The van der Waals surface area contributed by atoms with Crippen LogP contribution in [-0.4, -0.2) is 37.1 Å². The first-order chi connectivity index (χ1) is 15.8. The number of carbonyl (C=O) groups is 1. The first kappa shape index (κ1) is 23.0. The van der Waals surface area contributed by atoms with Crippen LogP contribution in [0.5, 0.6) is 0 Å². The number of hydrogen-bond acceptors (Lipinski definition) is 4. The second kappa shape index (κ2) is 9.36. The van der Waals surface area contributed by atoms with Crippen molar-refractivity contribution in [1.29, 1.82) is 5.26 Å². The van der Waals surface area contributed by atoms with Crippen LogP contribution in [0.2, 0.25) is 5.02 Å². The lowest BCUT2D eigenvalue weighted by Gasteiger charge is -2.28. The van der Waals surface area contributed by atoms with Gasteiger partial charge in [0.25, 0.3) is 5.91 Å². The molecule has 4 rings (SSSR count). The van der Waals surface area contributed by atoms with Crippen LogP contribution in [0.15, 0.2) is 71.6 Å². The molecule has 1 heterocycles. The van der Waals surface area contributed by atoms with Crippen LogP contribution in [0.25, 0.3) is 0 Å². The van der Waals surface area contributed by atoms with Crippen LogP contribution in [0.1, 0.15) is 32.6 Å². The number of rotatable bonds is 5. The molecule has 0 aliphatic carbocycles. The standard InChI is InChI=1S/C25H22ClN3O3S/c1-28(16-19-8-6-18(15-27)7-9-19)25(30)23-14-22(10-11-24(23)26)33(31,32)29-13-12-20-4-2-3-5-21(20)17-29/h2-11,14H,12-13,16-17H2,1H3. The highest BCUT2D eigenvalue weighted by atomic mass is 35.5. The van der Waals surface area contributed by atoms with E-state index in [1.807, 2.05) is 24.3 Å². The maximum absolute atomic E-state index is 13.3. The number of fused-ring (bicyclic) bond motifs is 1. The Kier molecular flexibility index (Phi) is 6.52. The number of nitriles is 1. The van der Waals surface area contributed by atoms with Crippen molar-refractivity contribution >= 4 is 27.5 Å². The first-order valence-corrected chi connectivity index (χ1v) is 12.2. The van der Waals surface area contributed by atoms with Crippen molar-refractivity contribution in [2.45, 2.75) is 24.4 Å². The second-order valence-corrected chi connectivity index (χ2v) is 10.3. The number of halogens is 1. The summed E-state index contributed by atoms with van der Waals surface area (Å²) in [5.74, 6) is -0.384. The molecule has 0 radical (unpaired) electrons. The highest BCUT2D eigenvalue weighted by molar-refractivity contribution is 7.89. The quantitative estimate of drug-likeness (QED) is 0.548. The molecule has 168 valence electrons.